The molecule has 1 unspecified atom stereocenters. The van der Waals surface area contributed by atoms with Crippen LogP contribution < -0.4 is 11.1 Å². The van der Waals surface area contributed by atoms with Crippen molar-refractivity contribution in [1.82, 2.24) is 10.5 Å². The SMILES string of the molecule is COCCCC(N)C(=O)NCc1cc(C)no1. The predicted octanol–water partition coefficient (Wildman–Crippen LogP) is 0.353. The third kappa shape index (κ3) is 4.97. The maximum atomic E-state index is 11.6. The number of hydrogen-bond donors (Lipinski definition) is 2. The molecule has 0 aliphatic rings. The molecule has 3 N–H and O–H groups in total. The molecule has 0 fully saturated rings. The Morgan fingerprint density at radius 1 is 1.71 bits per heavy atom. The van der Waals surface area contributed by atoms with Gasteiger partial charge in [0.25, 0.3) is 0 Å². The van der Waals surface area contributed by atoms with Crippen LogP contribution in [0.15, 0.2) is 10.6 Å². The maximum absolute atomic E-state index is 11.6. The van der Waals surface area contributed by atoms with Gasteiger partial charge in [0.15, 0.2) is 5.76 Å². The number of ether oxygens (including phenoxy) is 1. The molecule has 17 heavy (non-hydrogen) atoms. The van der Waals surface area contributed by atoms with Gasteiger partial charge in [0.05, 0.1) is 18.3 Å². The van der Waals surface area contributed by atoms with Gasteiger partial charge in [-0.2, -0.15) is 0 Å². The molecule has 0 aromatic carbocycles. The summed E-state index contributed by atoms with van der Waals surface area (Å²) >= 11 is 0. The van der Waals surface area contributed by atoms with Crippen molar-refractivity contribution < 1.29 is 14.1 Å². The van der Waals surface area contributed by atoms with Crippen LogP contribution in [0.5, 0.6) is 0 Å². The van der Waals surface area contributed by atoms with E-state index in [4.69, 9.17) is 15.0 Å². The van der Waals surface area contributed by atoms with Gasteiger partial charge in [-0.25, -0.2) is 0 Å². The first-order chi connectivity index (χ1) is 8.13. The molecular weight excluding hydrogens is 222 g/mol. The third-order valence-corrected chi connectivity index (χ3v) is 2.31. The molecule has 1 aromatic heterocycles. The second-order valence-corrected chi connectivity index (χ2v) is 3.89. The highest BCUT2D eigenvalue weighted by molar-refractivity contribution is 5.81. The van der Waals surface area contributed by atoms with Gasteiger partial charge in [-0.05, 0) is 19.8 Å². The van der Waals surface area contributed by atoms with Crippen molar-refractivity contribution in [3.8, 4) is 0 Å². The van der Waals surface area contributed by atoms with Crippen LogP contribution >= 0.6 is 0 Å². The van der Waals surface area contributed by atoms with E-state index in [9.17, 15) is 4.79 Å². The fourth-order valence-electron chi connectivity index (χ4n) is 1.38. The Bertz CT molecular complexity index is 351. The number of hydrogen-bond acceptors (Lipinski definition) is 5. The smallest absolute Gasteiger partial charge is 0.237 e. The van der Waals surface area contributed by atoms with E-state index in [1.54, 1.807) is 13.2 Å². The van der Waals surface area contributed by atoms with Crippen LogP contribution in [0.25, 0.3) is 0 Å². The van der Waals surface area contributed by atoms with Crippen molar-refractivity contribution in [2.75, 3.05) is 13.7 Å². The summed E-state index contributed by atoms with van der Waals surface area (Å²) in [5.41, 5.74) is 6.50. The molecule has 0 saturated carbocycles. The minimum Gasteiger partial charge on any atom is -0.385 e. The standard InChI is InChI=1S/C11H19N3O3/c1-8-6-9(17-14-8)7-13-11(15)10(12)4-3-5-16-2/h6,10H,3-5,7,12H2,1-2H3,(H,13,15). The Kier molecular flexibility index (Phi) is 5.65. The van der Waals surface area contributed by atoms with Crippen LogP contribution in [0.4, 0.5) is 0 Å². The van der Waals surface area contributed by atoms with Crippen molar-refractivity contribution in [2.45, 2.75) is 32.4 Å². The Labute approximate surface area is 100 Å². The predicted molar refractivity (Wildman–Crippen MR) is 62.2 cm³/mol. The lowest BCUT2D eigenvalue weighted by atomic mass is 10.1. The Morgan fingerprint density at radius 2 is 2.47 bits per heavy atom. The van der Waals surface area contributed by atoms with E-state index in [0.29, 0.717) is 25.3 Å². The topological polar surface area (TPSA) is 90.4 Å². The van der Waals surface area contributed by atoms with E-state index in [1.165, 1.54) is 0 Å². The van der Waals surface area contributed by atoms with Crippen molar-refractivity contribution in [1.29, 1.82) is 0 Å². The molecule has 96 valence electrons. The molecule has 0 bridgehead atoms. The number of rotatable bonds is 7. The van der Waals surface area contributed by atoms with Gasteiger partial charge in [0, 0.05) is 19.8 Å². The number of carbonyl (C=O) groups excluding carboxylic acids is 1. The second kappa shape index (κ2) is 7.03. The number of amides is 1. The molecule has 1 atom stereocenters. The third-order valence-electron chi connectivity index (χ3n) is 2.31. The zero-order valence-corrected chi connectivity index (χ0v) is 10.2. The lowest BCUT2D eigenvalue weighted by molar-refractivity contribution is -0.122. The summed E-state index contributed by atoms with van der Waals surface area (Å²) < 4.78 is 9.86. The normalized spacial score (nSPS) is 12.4. The van der Waals surface area contributed by atoms with Crippen molar-refractivity contribution in [3.05, 3.63) is 17.5 Å². The highest BCUT2D eigenvalue weighted by atomic mass is 16.5. The van der Waals surface area contributed by atoms with Gasteiger partial charge in [-0.1, -0.05) is 5.16 Å². The highest BCUT2D eigenvalue weighted by Crippen LogP contribution is 2.02. The van der Waals surface area contributed by atoms with Gasteiger partial charge in [0.1, 0.15) is 0 Å². The summed E-state index contributed by atoms with van der Waals surface area (Å²) in [5, 5.41) is 6.43. The maximum Gasteiger partial charge on any atom is 0.237 e. The molecule has 0 spiro atoms. The zero-order chi connectivity index (χ0) is 12.7. The quantitative estimate of drug-likeness (QED) is 0.672. The van der Waals surface area contributed by atoms with E-state index >= 15 is 0 Å². The molecule has 1 aromatic rings. The minimum absolute atomic E-state index is 0.185. The van der Waals surface area contributed by atoms with Crippen LogP contribution in [0.2, 0.25) is 0 Å². The van der Waals surface area contributed by atoms with E-state index in [2.05, 4.69) is 10.5 Å². The second-order valence-electron chi connectivity index (χ2n) is 3.89. The zero-order valence-electron chi connectivity index (χ0n) is 10.2. The Morgan fingerprint density at radius 3 is 3.06 bits per heavy atom. The molecular formula is C11H19N3O3. The molecule has 1 amide bonds. The first-order valence-corrected chi connectivity index (χ1v) is 5.58. The fourth-order valence-corrected chi connectivity index (χ4v) is 1.38. The van der Waals surface area contributed by atoms with E-state index in [-0.39, 0.29) is 5.91 Å². The summed E-state index contributed by atoms with van der Waals surface area (Å²) in [6.07, 6.45) is 1.38. The summed E-state index contributed by atoms with van der Waals surface area (Å²) in [7, 11) is 1.62. The van der Waals surface area contributed by atoms with Crippen molar-refractivity contribution in [3.63, 3.8) is 0 Å². The van der Waals surface area contributed by atoms with Gasteiger partial charge < -0.3 is 20.3 Å². The Balaban J connectivity index is 2.24. The lowest BCUT2D eigenvalue weighted by Gasteiger charge is -2.10. The lowest BCUT2D eigenvalue weighted by Crippen LogP contribution is -2.40. The van der Waals surface area contributed by atoms with Crippen LogP contribution in [-0.4, -0.2) is 30.8 Å². The van der Waals surface area contributed by atoms with Gasteiger partial charge in [-0.3, -0.25) is 4.79 Å². The number of carbonyl (C=O) groups is 1. The Hall–Kier alpha value is -1.40. The van der Waals surface area contributed by atoms with Crippen LogP contribution in [-0.2, 0) is 16.1 Å². The fraction of sp³-hybridized carbons (Fsp3) is 0.636. The molecule has 1 rings (SSSR count). The molecule has 1 heterocycles. The number of aryl methyl sites for hydroxylation is 1. The molecule has 6 nitrogen and oxygen atoms in total. The van der Waals surface area contributed by atoms with Crippen LogP contribution in [0.1, 0.15) is 24.3 Å². The number of methoxy groups -OCH3 is 1. The number of nitrogens with zero attached hydrogens (tertiary/aromatic N) is 1. The highest BCUT2D eigenvalue weighted by Gasteiger charge is 2.13. The summed E-state index contributed by atoms with van der Waals surface area (Å²) in [6, 6.07) is 1.27. The van der Waals surface area contributed by atoms with E-state index < -0.39 is 6.04 Å². The summed E-state index contributed by atoms with van der Waals surface area (Å²) in [6.45, 7) is 2.76. The minimum atomic E-state index is -0.505. The van der Waals surface area contributed by atoms with Crippen molar-refractivity contribution >= 4 is 5.91 Å². The molecule has 0 aliphatic heterocycles. The monoisotopic (exact) mass is 241 g/mol. The van der Waals surface area contributed by atoms with Gasteiger partial charge in [-0.15, -0.1) is 0 Å². The molecule has 6 heteroatoms. The first-order valence-electron chi connectivity index (χ1n) is 5.58. The van der Waals surface area contributed by atoms with Crippen LogP contribution in [0, 0.1) is 6.92 Å². The first kappa shape index (κ1) is 13.7. The van der Waals surface area contributed by atoms with Crippen molar-refractivity contribution in [2.24, 2.45) is 5.73 Å². The number of aromatic nitrogens is 1. The van der Waals surface area contributed by atoms with Gasteiger partial charge in [0.2, 0.25) is 5.91 Å². The average molecular weight is 241 g/mol. The van der Waals surface area contributed by atoms with Crippen LogP contribution in [0.3, 0.4) is 0 Å². The number of nitrogens with two attached hydrogens (primary N) is 1. The van der Waals surface area contributed by atoms with Gasteiger partial charge >= 0.3 is 0 Å². The largest absolute Gasteiger partial charge is 0.385 e. The molecule has 0 saturated heterocycles. The van der Waals surface area contributed by atoms with E-state index in [1.807, 2.05) is 6.92 Å². The summed E-state index contributed by atoms with van der Waals surface area (Å²) in [4.78, 5) is 11.6. The number of nitrogens with one attached hydrogen (secondary N) is 1. The van der Waals surface area contributed by atoms with E-state index in [0.717, 1.165) is 12.1 Å². The molecule has 0 radical (unpaired) electrons. The summed E-state index contributed by atoms with van der Waals surface area (Å²) in [5.74, 6) is 0.440. The average Bonchev–Trinajstić information content (AvgIpc) is 2.72. The molecule has 0 aliphatic carbocycles.